The van der Waals surface area contributed by atoms with E-state index in [4.69, 9.17) is 14.9 Å². The summed E-state index contributed by atoms with van der Waals surface area (Å²) in [5.41, 5.74) is 0. The van der Waals surface area contributed by atoms with E-state index in [9.17, 15) is 38.5 Å². The maximum Gasteiger partial charge on any atom is 0.325 e. The first-order chi connectivity index (χ1) is 13.7. The van der Waals surface area contributed by atoms with Gasteiger partial charge >= 0.3 is 5.97 Å². The van der Waals surface area contributed by atoms with E-state index in [0.717, 1.165) is 6.92 Å². The van der Waals surface area contributed by atoms with Gasteiger partial charge in [-0.15, -0.1) is 0 Å². The molecule has 0 bridgehead atoms. The van der Waals surface area contributed by atoms with Crippen LogP contribution in [0.3, 0.4) is 0 Å². The minimum Gasteiger partial charge on any atom is -0.480 e. The summed E-state index contributed by atoms with van der Waals surface area (Å²) in [6, 6.07) is -2.42. The first-order valence-corrected chi connectivity index (χ1v) is 9.24. The molecular formula is C17H28F2N2O9. The van der Waals surface area contributed by atoms with E-state index in [1.807, 2.05) is 0 Å². The Morgan fingerprint density at radius 1 is 0.967 bits per heavy atom. The number of aliphatic hydroxyl groups is 4. The fraction of sp³-hybridized carbons (Fsp3) is 0.824. The summed E-state index contributed by atoms with van der Waals surface area (Å²) in [6.07, 6.45) is -10.9. The standard InChI is InChI=1S/C17H28F2N2O9/c1-6(14(26)20-7(2)15(27)21-8(3)16(28)29)4-17(18,19)13-12(25)11(24)10(23)9(5-22)30-13/h6-13,22-25H,4-5H2,1-3H3,(H,20,26)(H,21,27)(H,28,29)/t6-,7+,8+,9-,10+,11+,12-,13-/m1/s1. The van der Waals surface area contributed by atoms with E-state index in [1.165, 1.54) is 13.8 Å². The van der Waals surface area contributed by atoms with Crippen LogP contribution in [0.2, 0.25) is 0 Å². The Kier molecular flexibility index (Phi) is 9.05. The number of rotatable bonds is 9. The Morgan fingerprint density at radius 3 is 2.00 bits per heavy atom. The maximum absolute atomic E-state index is 14.7. The van der Waals surface area contributed by atoms with Gasteiger partial charge < -0.3 is 40.9 Å². The van der Waals surface area contributed by atoms with Gasteiger partial charge in [0.15, 0.2) is 0 Å². The molecule has 0 aromatic carbocycles. The molecule has 7 N–H and O–H groups in total. The normalized spacial score (nSPS) is 30.1. The van der Waals surface area contributed by atoms with Crippen molar-refractivity contribution in [2.75, 3.05) is 6.61 Å². The second kappa shape index (κ2) is 10.4. The highest BCUT2D eigenvalue weighted by Crippen LogP contribution is 2.36. The van der Waals surface area contributed by atoms with E-state index >= 15 is 0 Å². The Balaban J connectivity index is 2.75. The molecule has 0 saturated carbocycles. The number of carboxylic acid groups (broad SMARTS) is 1. The molecule has 30 heavy (non-hydrogen) atoms. The van der Waals surface area contributed by atoms with Crippen molar-refractivity contribution >= 4 is 17.8 Å². The van der Waals surface area contributed by atoms with Gasteiger partial charge in [0.2, 0.25) is 11.8 Å². The van der Waals surface area contributed by atoms with Crippen LogP contribution in [0, 0.1) is 5.92 Å². The van der Waals surface area contributed by atoms with Crippen LogP contribution in [0.4, 0.5) is 8.78 Å². The Bertz CT molecular complexity index is 634. The van der Waals surface area contributed by atoms with Crippen molar-refractivity contribution in [2.45, 2.75) is 75.7 Å². The molecule has 174 valence electrons. The first kappa shape index (κ1) is 26.1. The highest BCUT2D eigenvalue weighted by atomic mass is 19.3. The fourth-order valence-corrected chi connectivity index (χ4v) is 2.89. The minimum absolute atomic E-state index is 0.828. The number of carboxylic acids is 1. The number of aliphatic carboxylic acids is 1. The molecule has 1 heterocycles. The van der Waals surface area contributed by atoms with Gasteiger partial charge in [0.1, 0.15) is 42.6 Å². The van der Waals surface area contributed by atoms with Gasteiger partial charge in [-0.25, -0.2) is 8.78 Å². The summed E-state index contributed by atoms with van der Waals surface area (Å²) in [5.74, 6) is -8.28. The zero-order valence-electron chi connectivity index (χ0n) is 16.7. The van der Waals surface area contributed by atoms with Crippen LogP contribution in [0.1, 0.15) is 27.2 Å². The molecule has 0 aromatic heterocycles. The molecule has 13 heteroatoms. The second-order valence-electron chi connectivity index (χ2n) is 7.41. The Labute approximate surface area is 171 Å². The topological polar surface area (TPSA) is 186 Å². The molecule has 1 rings (SSSR count). The number of hydrogen-bond donors (Lipinski definition) is 7. The average Bonchev–Trinajstić information content (AvgIpc) is 2.65. The van der Waals surface area contributed by atoms with E-state index in [0.29, 0.717) is 0 Å². The van der Waals surface area contributed by atoms with Crippen molar-refractivity contribution in [2.24, 2.45) is 5.92 Å². The average molecular weight is 442 g/mol. The number of carbonyl (C=O) groups is 3. The van der Waals surface area contributed by atoms with Crippen LogP contribution in [-0.2, 0) is 19.1 Å². The molecule has 0 aliphatic carbocycles. The molecule has 8 atom stereocenters. The number of aliphatic hydroxyl groups excluding tert-OH is 4. The van der Waals surface area contributed by atoms with Gasteiger partial charge in [-0.1, -0.05) is 6.92 Å². The van der Waals surface area contributed by atoms with Crippen LogP contribution in [0.25, 0.3) is 0 Å². The van der Waals surface area contributed by atoms with Gasteiger partial charge in [0, 0.05) is 12.3 Å². The van der Waals surface area contributed by atoms with E-state index in [1.54, 1.807) is 0 Å². The summed E-state index contributed by atoms with van der Waals surface area (Å²) < 4.78 is 34.2. The maximum atomic E-state index is 14.7. The van der Waals surface area contributed by atoms with Crippen LogP contribution in [0.15, 0.2) is 0 Å². The molecule has 11 nitrogen and oxygen atoms in total. The lowest BCUT2D eigenvalue weighted by atomic mass is 9.88. The lowest BCUT2D eigenvalue weighted by Crippen LogP contribution is -2.63. The number of nitrogens with one attached hydrogen (secondary N) is 2. The first-order valence-electron chi connectivity index (χ1n) is 9.24. The van der Waals surface area contributed by atoms with E-state index in [-0.39, 0.29) is 0 Å². The van der Waals surface area contributed by atoms with E-state index < -0.39 is 85.3 Å². The molecule has 0 spiro atoms. The number of ether oxygens (including phenoxy) is 1. The summed E-state index contributed by atoms with van der Waals surface area (Å²) in [4.78, 5) is 34.8. The van der Waals surface area contributed by atoms with E-state index in [2.05, 4.69) is 10.6 Å². The summed E-state index contributed by atoms with van der Waals surface area (Å²) in [5, 5.41) is 51.4. The lowest BCUT2D eigenvalue weighted by Gasteiger charge is -2.43. The van der Waals surface area contributed by atoms with Crippen LogP contribution in [-0.4, -0.2) is 98.4 Å². The zero-order valence-corrected chi connectivity index (χ0v) is 16.7. The summed E-state index contributed by atoms with van der Waals surface area (Å²) >= 11 is 0. The highest BCUT2D eigenvalue weighted by Gasteiger charge is 2.54. The van der Waals surface area contributed by atoms with Gasteiger partial charge in [-0.3, -0.25) is 14.4 Å². The minimum atomic E-state index is -3.84. The molecule has 1 aliphatic heterocycles. The van der Waals surface area contributed by atoms with Gasteiger partial charge in [-0.05, 0) is 13.8 Å². The van der Waals surface area contributed by atoms with Crippen molar-refractivity contribution in [1.29, 1.82) is 0 Å². The third-order valence-electron chi connectivity index (χ3n) is 4.82. The molecule has 0 aromatic rings. The molecule has 0 radical (unpaired) electrons. The number of amides is 2. The van der Waals surface area contributed by atoms with Crippen LogP contribution in [0.5, 0.6) is 0 Å². The summed E-state index contributed by atoms with van der Waals surface area (Å²) in [7, 11) is 0. The molecule has 0 unspecified atom stereocenters. The van der Waals surface area contributed by atoms with Crippen molar-refractivity contribution in [3.63, 3.8) is 0 Å². The fourth-order valence-electron chi connectivity index (χ4n) is 2.89. The molecule has 1 saturated heterocycles. The zero-order chi connectivity index (χ0) is 23.4. The molecule has 2 amide bonds. The quantitative estimate of drug-likeness (QED) is 0.204. The highest BCUT2D eigenvalue weighted by molar-refractivity contribution is 5.90. The molecule has 1 aliphatic rings. The third-order valence-corrected chi connectivity index (χ3v) is 4.82. The van der Waals surface area contributed by atoms with Crippen molar-refractivity contribution in [3.05, 3.63) is 0 Å². The SMILES string of the molecule is C[C@H](CC(F)(F)[C@@H]1O[C@H](CO)[C@H](O)[C@H](O)[C@H]1O)C(=O)N[C@@H](C)C(=O)N[C@@H](C)C(=O)O. The van der Waals surface area contributed by atoms with Crippen molar-refractivity contribution in [3.8, 4) is 0 Å². The number of hydrogen-bond acceptors (Lipinski definition) is 8. The molecular weight excluding hydrogens is 414 g/mol. The lowest BCUT2D eigenvalue weighted by molar-refractivity contribution is -0.282. The largest absolute Gasteiger partial charge is 0.480 e. The number of alkyl halides is 2. The Hall–Kier alpha value is -1.93. The number of carbonyl (C=O) groups excluding carboxylic acids is 2. The number of halogens is 2. The van der Waals surface area contributed by atoms with Crippen LogP contribution < -0.4 is 10.6 Å². The predicted octanol–water partition coefficient (Wildman–Crippen LogP) is -2.42. The molecule has 1 fully saturated rings. The monoisotopic (exact) mass is 442 g/mol. The predicted molar refractivity (Wildman–Crippen MR) is 95.3 cm³/mol. The second-order valence-corrected chi connectivity index (χ2v) is 7.41. The smallest absolute Gasteiger partial charge is 0.325 e. The van der Waals surface area contributed by atoms with Crippen LogP contribution >= 0.6 is 0 Å². The Morgan fingerprint density at radius 2 is 1.50 bits per heavy atom. The third kappa shape index (κ3) is 6.28. The van der Waals surface area contributed by atoms with Gasteiger partial charge in [0.25, 0.3) is 5.92 Å². The van der Waals surface area contributed by atoms with Gasteiger partial charge in [-0.2, -0.15) is 0 Å². The van der Waals surface area contributed by atoms with Gasteiger partial charge in [0.05, 0.1) is 6.61 Å². The van der Waals surface area contributed by atoms with Crippen molar-refractivity contribution < 1.29 is 53.4 Å². The van der Waals surface area contributed by atoms with Crippen molar-refractivity contribution in [1.82, 2.24) is 10.6 Å². The summed E-state index contributed by atoms with van der Waals surface area (Å²) in [6.45, 7) is 2.70.